The molecule has 0 N–H and O–H groups in total. The van der Waals surface area contributed by atoms with Crippen LogP contribution >= 0.6 is 0 Å². The number of rotatable bonds is 1. The molecule has 0 aliphatic rings. The summed E-state index contributed by atoms with van der Waals surface area (Å²) in [4.78, 5) is 0. The van der Waals surface area contributed by atoms with Gasteiger partial charge in [0.05, 0.1) is 0 Å². The number of hydrogen-bond acceptors (Lipinski definition) is 4. The van der Waals surface area contributed by atoms with Gasteiger partial charge in [-0.2, -0.15) is 0 Å². The van der Waals surface area contributed by atoms with Crippen molar-refractivity contribution in [2.45, 2.75) is 0 Å². The third-order valence-corrected chi connectivity index (χ3v) is 0.537. The van der Waals surface area contributed by atoms with E-state index < -0.39 is 8.77 Å². The van der Waals surface area contributed by atoms with Gasteiger partial charge in [-0.3, -0.25) is 0 Å². The van der Waals surface area contributed by atoms with Crippen molar-refractivity contribution in [1.82, 2.24) is 0 Å². The molecule has 0 aromatic carbocycles. The van der Waals surface area contributed by atoms with Crippen LogP contribution in [0.4, 0.5) is 0 Å². The van der Waals surface area contributed by atoms with E-state index >= 15 is 0 Å². The molecule has 0 rings (SSSR count). The minimum Gasteiger partial charge on any atom is -0.709 e. The maximum atomic E-state index is 9.84. The van der Waals surface area contributed by atoms with Crippen LogP contribution in [0.15, 0.2) is 0 Å². The Hall–Kier alpha value is 1.29. The molecule has 0 amide bonds. The fraction of sp³-hybridized carbons (Fsp3) is 1.00. The Morgan fingerprint density at radius 3 is 2.00 bits per heavy atom. The van der Waals surface area contributed by atoms with Crippen molar-refractivity contribution in [1.29, 1.82) is 0 Å². The first-order chi connectivity index (χ1) is 2.56. The zero-order valence-corrected chi connectivity index (χ0v) is 7.67. The molecule has 7 heavy (non-hydrogen) atoms. The summed E-state index contributed by atoms with van der Waals surface area (Å²) < 4.78 is 12.9. The van der Waals surface area contributed by atoms with Gasteiger partial charge in [-0.15, -0.1) is 0 Å². The molecule has 0 spiro atoms. The molecule has 3 nitrogen and oxygen atoms in total. The van der Waals surface area contributed by atoms with Crippen molar-refractivity contribution in [2.75, 3.05) is 6.26 Å². The predicted molar refractivity (Wildman–Crippen MR) is 22.5 cm³/mol. The second-order valence-electron chi connectivity index (χ2n) is 0.772. The Bertz CT molecular complexity index is 115. The molecule has 38 valence electrons. The summed E-state index contributed by atoms with van der Waals surface area (Å²) in [5.74, 6) is 0. The fourth-order valence-electron chi connectivity index (χ4n) is 0. The maximum absolute atomic E-state index is 9.84. The summed E-state index contributed by atoms with van der Waals surface area (Å²) in [6, 6.07) is 0. The maximum Gasteiger partial charge on any atom is 1.00 e. The average Bonchev–Trinajstić information content (AvgIpc) is 1.35. The van der Waals surface area contributed by atoms with E-state index in [0.29, 0.717) is 0 Å². The van der Waals surface area contributed by atoms with Crippen LogP contribution in [0.3, 0.4) is 0 Å². The van der Waals surface area contributed by atoms with E-state index in [9.17, 15) is 4.21 Å². The molecule has 0 saturated heterocycles. The molecule has 0 radical (unpaired) electrons. The molecule has 0 aliphatic heterocycles. The third-order valence-electron chi connectivity index (χ3n) is 0.124. The molecule has 0 saturated carbocycles. The van der Waals surface area contributed by atoms with Crippen LogP contribution in [0, 0.1) is 0 Å². The van der Waals surface area contributed by atoms with Crippen molar-refractivity contribution >= 4 is 20.0 Å². The van der Waals surface area contributed by atoms with Crippen molar-refractivity contribution in [3.8, 4) is 0 Å². The summed E-state index contributed by atoms with van der Waals surface area (Å²) in [5.41, 5.74) is 0. The molecule has 0 heterocycles. The molecule has 6 heteroatoms. The van der Waals surface area contributed by atoms with E-state index in [0.717, 1.165) is 6.26 Å². The molecule has 0 aromatic heterocycles. The van der Waals surface area contributed by atoms with E-state index in [1.54, 1.807) is 0 Å². The minimum atomic E-state index is -2.88. The Kier molecular flexibility index (Phi) is 6.68. The summed E-state index contributed by atoms with van der Waals surface area (Å²) >= 11 is 3.98. The van der Waals surface area contributed by atoms with Crippen LogP contribution in [-0.2, 0) is 24.3 Å². The first kappa shape index (κ1) is 11.1. The molecular formula is CH3NaO3S2. The van der Waals surface area contributed by atoms with E-state index in [-0.39, 0.29) is 29.6 Å². The molecule has 1 atom stereocenters. The van der Waals surface area contributed by atoms with E-state index in [1.807, 2.05) is 0 Å². The van der Waals surface area contributed by atoms with E-state index in [2.05, 4.69) is 15.5 Å². The van der Waals surface area contributed by atoms with Crippen LogP contribution in [0.2, 0.25) is 0 Å². The van der Waals surface area contributed by atoms with Crippen molar-refractivity contribution in [2.24, 2.45) is 0 Å². The van der Waals surface area contributed by atoms with Crippen molar-refractivity contribution in [3.63, 3.8) is 0 Å². The van der Waals surface area contributed by atoms with Crippen LogP contribution in [0.5, 0.6) is 0 Å². The summed E-state index contributed by atoms with van der Waals surface area (Å²) in [7, 11) is -2.88. The number of hydrogen-bond donors (Lipinski definition) is 0. The topological polar surface area (TPSA) is 49.4 Å². The standard InChI is InChI=1S/CH4O3S2.Na/c1-6(3,5)4-2;/h2H,1H3;/q;+1/p-1. The van der Waals surface area contributed by atoms with Crippen LogP contribution in [0.25, 0.3) is 0 Å². The largest absolute Gasteiger partial charge is 1.00 e. The van der Waals surface area contributed by atoms with Gasteiger partial charge in [0, 0.05) is 17.4 Å². The van der Waals surface area contributed by atoms with Gasteiger partial charge >= 0.3 is 29.6 Å². The van der Waals surface area contributed by atoms with Crippen molar-refractivity contribution in [3.05, 3.63) is 0 Å². The normalized spacial score (nSPS) is 16.9. The van der Waals surface area contributed by atoms with Gasteiger partial charge in [0.15, 0.2) is 0 Å². The second-order valence-corrected chi connectivity index (χ2v) is 4.13. The molecule has 0 aliphatic carbocycles. The van der Waals surface area contributed by atoms with Gasteiger partial charge in [0.1, 0.15) is 8.77 Å². The Morgan fingerprint density at radius 1 is 1.86 bits per heavy atom. The van der Waals surface area contributed by atoms with Gasteiger partial charge in [0.25, 0.3) is 0 Å². The third kappa shape index (κ3) is 11.1. The van der Waals surface area contributed by atoms with Crippen LogP contribution in [-0.4, -0.2) is 10.5 Å². The van der Waals surface area contributed by atoms with Gasteiger partial charge in [0.2, 0.25) is 0 Å². The summed E-state index contributed by atoms with van der Waals surface area (Å²) in [6.07, 6.45) is 1.05. The second kappa shape index (κ2) is 4.20. The zero-order chi connectivity index (χ0) is 5.21. The smallest absolute Gasteiger partial charge is 0.709 e. The Labute approximate surface area is 69.2 Å². The SMILES string of the molecule is CS(=O)(=S)O[O-].[Na+]. The van der Waals surface area contributed by atoms with Crippen LogP contribution in [0.1, 0.15) is 0 Å². The van der Waals surface area contributed by atoms with Crippen molar-refractivity contribution < 1.29 is 43.4 Å². The summed E-state index contributed by atoms with van der Waals surface area (Å²) in [6.45, 7) is 0. The quantitative estimate of drug-likeness (QED) is 0.215. The molecular weight excluding hydrogens is 147 g/mol. The molecule has 0 bridgehead atoms. The fourth-order valence-corrected chi connectivity index (χ4v) is 0. The molecule has 0 aromatic rings. The average molecular weight is 150 g/mol. The summed E-state index contributed by atoms with van der Waals surface area (Å²) in [5, 5.41) is 9.07. The van der Waals surface area contributed by atoms with E-state index in [1.165, 1.54) is 0 Å². The molecule has 0 fully saturated rings. The van der Waals surface area contributed by atoms with Gasteiger partial charge in [-0.05, 0) is 0 Å². The monoisotopic (exact) mass is 150 g/mol. The van der Waals surface area contributed by atoms with Gasteiger partial charge < -0.3 is 9.59 Å². The predicted octanol–water partition coefficient (Wildman–Crippen LogP) is -4.43. The van der Waals surface area contributed by atoms with Gasteiger partial charge in [-0.25, -0.2) is 4.21 Å². The Morgan fingerprint density at radius 2 is 2.00 bits per heavy atom. The van der Waals surface area contributed by atoms with Gasteiger partial charge in [-0.1, -0.05) is 0 Å². The van der Waals surface area contributed by atoms with E-state index in [4.69, 9.17) is 5.26 Å². The minimum absolute atomic E-state index is 0. The first-order valence-electron chi connectivity index (χ1n) is 1.07. The Balaban J connectivity index is 0. The molecule has 1 unspecified atom stereocenters. The zero-order valence-electron chi connectivity index (χ0n) is 4.04. The van der Waals surface area contributed by atoms with Crippen LogP contribution < -0.4 is 34.8 Å². The first-order valence-corrected chi connectivity index (χ1v) is 3.89.